The fourth-order valence-electron chi connectivity index (χ4n) is 2.51. The fourth-order valence-corrected chi connectivity index (χ4v) is 2.51. The molecule has 0 unspecified atom stereocenters. The second kappa shape index (κ2) is 5.11. The van der Waals surface area contributed by atoms with Gasteiger partial charge in [0, 0.05) is 19.2 Å². The van der Waals surface area contributed by atoms with Crippen LogP contribution in [0.25, 0.3) is 10.9 Å². The lowest BCUT2D eigenvalue weighted by Crippen LogP contribution is -2.00. The van der Waals surface area contributed by atoms with Crippen LogP contribution in [0, 0.1) is 0 Å². The van der Waals surface area contributed by atoms with E-state index in [2.05, 4.69) is 35.0 Å². The molecular formula is C17H15NO. The number of hydrogen-bond acceptors (Lipinski definition) is 1. The molecule has 0 N–H and O–H groups in total. The van der Waals surface area contributed by atoms with Gasteiger partial charge in [0.1, 0.15) is 6.29 Å². The summed E-state index contributed by atoms with van der Waals surface area (Å²) in [5.41, 5.74) is 3.52. The van der Waals surface area contributed by atoms with Crippen LogP contribution < -0.4 is 0 Å². The molecular weight excluding hydrogens is 234 g/mol. The van der Waals surface area contributed by atoms with Crippen molar-refractivity contribution < 1.29 is 4.79 Å². The first-order valence-corrected chi connectivity index (χ1v) is 6.43. The second-order valence-electron chi connectivity index (χ2n) is 4.65. The third-order valence-corrected chi connectivity index (χ3v) is 3.37. The van der Waals surface area contributed by atoms with Gasteiger partial charge in [0.2, 0.25) is 0 Å². The average Bonchev–Trinajstić information content (AvgIpc) is 2.85. The standard InChI is InChI=1S/C17H15NO/c19-12-10-16-8-4-7-15-9-11-18(17(15)16)13-14-5-2-1-3-6-14/h1-9,11-12H,10,13H2. The molecule has 1 aromatic heterocycles. The first kappa shape index (κ1) is 11.7. The Bertz CT molecular complexity index is 698. The van der Waals surface area contributed by atoms with Crippen LogP contribution in [0.15, 0.2) is 60.8 Å². The van der Waals surface area contributed by atoms with Crippen LogP contribution in [-0.4, -0.2) is 10.9 Å². The van der Waals surface area contributed by atoms with Crippen molar-refractivity contribution >= 4 is 17.2 Å². The van der Waals surface area contributed by atoms with E-state index < -0.39 is 0 Å². The first-order valence-electron chi connectivity index (χ1n) is 6.43. The van der Waals surface area contributed by atoms with E-state index in [1.807, 2.05) is 30.3 Å². The van der Waals surface area contributed by atoms with Gasteiger partial charge in [-0.15, -0.1) is 0 Å². The van der Waals surface area contributed by atoms with Crippen molar-refractivity contribution in [3.63, 3.8) is 0 Å². The Morgan fingerprint density at radius 3 is 2.58 bits per heavy atom. The molecule has 0 saturated carbocycles. The third-order valence-electron chi connectivity index (χ3n) is 3.37. The maximum absolute atomic E-state index is 10.8. The van der Waals surface area contributed by atoms with E-state index in [0.717, 1.165) is 18.4 Å². The highest BCUT2D eigenvalue weighted by molar-refractivity contribution is 5.85. The van der Waals surface area contributed by atoms with Crippen molar-refractivity contribution in [3.05, 3.63) is 71.9 Å². The average molecular weight is 249 g/mol. The summed E-state index contributed by atoms with van der Waals surface area (Å²) in [5, 5.41) is 1.19. The molecule has 2 heteroatoms. The van der Waals surface area contributed by atoms with Crippen molar-refractivity contribution in [1.29, 1.82) is 0 Å². The number of hydrogen-bond donors (Lipinski definition) is 0. The van der Waals surface area contributed by atoms with Crippen molar-refractivity contribution in [1.82, 2.24) is 4.57 Å². The molecule has 0 amide bonds. The van der Waals surface area contributed by atoms with Gasteiger partial charge in [-0.3, -0.25) is 0 Å². The molecule has 1 heterocycles. The molecule has 19 heavy (non-hydrogen) atoms. The number of nitrogens with zero attached hydrogens (tertiary/aromatic N) is 1. The summed E-state index contributed by atoms with van der Waals surface area (Å²) in [6.45, 7) is 0.834. The van der Waals surface area contributed by atoms with Crippen LogP contribution in [0.1, 0.15) is 11.1 Å². The van der Waals surface area contributed by atoms with Crippen molar-refractivity contribution in [2.75, 3.05) is 0 Å². The predicted octanol–water partition coefficient (Wildman–Crippen LogP) is 3.43. The quantitative estimate of drug-likeness (QED) is 0.649. The number of aromatic nitrogens is 1. The maximum Gasteiger partial charge on any atom is 0.124 e. The highest BCUT2D eigenvalue weighted by Gasteiger charge is 2.06. The SMILES string of the molecule is O=CCc1cccc2ccn(Cc3ccccc3)c12. The number of carbonyl (C=O) groups is 1. The molecule has 2 aromatic carbocycles. The number of fused-ring (bicyclic) bond motifs is 1. The van der Waals surface area contributed by atoms with Gasteiger partial charge in [0.25, 0.3) is 0 Å². The molecule has 0 bridgehead atoms. The van der Waals surface area contributed by atoms with Crippen molar-refractivity contribution in [3.8, 4) is 0 Å². The van der Waals surface area contributed by atoms with Gasteiger partial charge in [-0.2, -0.15) is 0 Å². The van der Waals surface area contributed by atoms with E-state index in [4.69, 9.17) is 0 Å². The van der Waals surface area contributed by atoms with E-state index in [1.54, 1.807) is 0 Å². The highest BCUT2D eigenvalue weighted by atomic mass is 16.1. The number of aldehydes is 1. The van der Waals surface area contributed by atoms with Gasteiger partial charge in [0.15, 0.2) is 0 Å². The molecule has 0 aliphatic carbocycles. The van der Waals surface area contributed by atoms with Crippen LogP contribution in [0.4, 0.5) is 0 Å². The summed E-state index contributed by atoms with van der Waals surface area (Å²) < 4.78 is 2.21. The maximum atomic E-state index is 10.8. The van der Waals surface area contributed by atoms with Gasteiger partial charge in [0.05, 0.1) is 5.52 Å². The summed E-state index contributed by atoms with van der Waals surface area (Å²) >= 11 is 0. The Hall–Kier alpha value is -2.35. The van der Waals surface area contributed by atoms with Crippen LogP contribution in [0.3, 0.4) is 0 Å². The zero-order chi connectivity index (χ0) is 13.1. The number of benzene rings is 2. The second-order valence-corrected chi connectivity index (χ2v) is 4.65. The van der Waals surface area contributed by atoms with Crippen LogP contribution in [0.5, 0.6) is 0 Å². The minimum absolute atomic E-state index is 0.468. The molecule has 0 radical (unpaired) electrons. The molecule has 3 rings (SSSR count). The van der Waals surface area contributed by atoms with Gasteiger partial charge in [-0.1, -0.05) is 48.5 Å². The molecule has 0 atom stereocenters. The smallest absolute Gasteiger partial charge is 0.124 e. The molecule has 0 aliphatic heterocycles. The van der Waals surface area contributed by atoms with E-state index in [9.17, 15) is 4.79 Å². The summed E-state index contributed by atoms with van der Waals surface area (Å²) in [7, 11) is 0. The highest BCUT2D eigenvalue weighted by Crippen LogP contribution is 2.21. The number of para-hydroxylation sites is 1. The normalized spacial score (nSPS) is 10.7. The zero-order valence-electron chi connectivity index (χ0n) is 10.6. The van der Waals surface area contributed by atoms with Gasteiger partial charge >= 0.3 is 0 Å². The van der Waals surface area contributed by atoms with Crippen LogP contribution in [-0.2, 0) is 17.8 Å². The Labute approximate surface area is 112 Å². The summed E-state index contributed by atoms with van der Waals surface area (Å²) in [4.78, 5) is 10.8. The molecule has 0 fully saturated rings. The molecule has 2 nitrogen and oxygen atoms in total. The molecule has 0 spiro atoms. The molecule has 0 aliphatic rings. The minimum Gasteiger partial charge on any atom is -0.343 e. The number of rotatable bonds is 4. The summed E-state index contributed by atoms with van der Waals surface area (Å²) in [6, 6.07) is 18.6. The predicted molar refractivity (Wildman–Crippen MR) is 77.3 cm³/mol. The largest absolute Gasteiger partial charge is 0.343 e. The lowest BCUT2D eigenvalue weighted by atomic mass is 10.1. The first-order chi connectivity index (χ1) is 9.38. The zero-order valence-corrected chi connectivity index (χ0v) is 10.6. The van der Waals surface area contributed by atoms with Crippen molar-refractivity contribution in [2.24, 2.45) is 0 Å². The molecule has 3 aromatic rings. The fraction of sp³-hybridized carbons (Fsp3) is 0.118. The van der Waals surface area contributed by atoms with E-state index >= 15 is 0 Å². The molecule has 0 saturated heterocycles. The number of carbonyl (C=O) groups excluding carboxylic acids is 1. The summed E-state index contributed by atoms with van der Waals surface area (Å²) in [6.07, 6.45) is 3.52. The van der Waals surface area contributed by atoms with Gasteiger partial charge < -0.3 is 9.36 Å². The van der Waals surface area contributed by atoms with E-state index in [0.29, 0.717) is 6.42 Å². The van der Waals surface area contributed by atoms with Crippen molar-refractivity contribution in [2.45, 2.75) is 13.0 Å². The van der Waals surface area contributed by atoms with Gasteiger partial charge in [-0.25, -0.2) is 0 Å². The van der Waals surface area contributed by atoms with E-state index in [1.165, 1.54) is 16.5 Å². The van der Waals surface area contributed by atoms with Gasteiger partial charge in [-0.05, 0) is 22.6 Å². The Kier molecular flexibility index (Phi) is 3.15. The lowest BCUT2D eigenvalue weighted by Gasteiger charge is -2.08. The topological polar surface area (TPSA) is 22.0 Å². The Morgan fingerprint density at radius 1 is 0.947 bits per heavy atom. The molecule has 94 valence electrons. The van der Waals surface area contributed by atoms with Crippen LogP contribution in [0.2, 0.25) is 0 Å². The summed E-state index contributed by atoms with van der Waals surface area (Å²) in [5.74, 6) is 0. The van der Waals surface area contributed by atoms with E-state index in [-0.39, 0.29) is 0 Å². The Balaban J connectivity index is 2.06. The minimum atomic E-state index is 0.468. The third kappa shape index (κ3) is 2.29. The monoisotopic (exact) mass is 249 g/mol. The lowest BCUT2D eigenvalue weighted by molar-refractivity contribution is -0.107. The Morgan fingerprint density at radius 2 is 1.79 bits per heavy atom. The van der Waals surface area contributed by atoms with Crippen LogP contribution >= 0.6 is 0 Å².